The van der Waals surface area contributed by atoms with Crippen molar-refractivity contribution in [1.29, 1.82) is 0 Å². The molecule has 8 aromatic rings. The Bertz CT molecular complexity index is 3010. The van der Waals surface area contributed by atoms with E-state index in [1.165, 1.54) is 0 Å². The van der Waals surface area contributed by atoms with Crippen LogP contribution in [-0.2, 0) is 101 Å². The van der Waals surface area contributed by atoms with Gasteiger partial charge in [-0.3, -0.25) is 0 Å². The van der Waals surface area contributed by atoms with Crippen molar-refractivity contribution in [2.45, 2.75) is 99.7 Å². The van der Waals surface area contributed by atoms with Gasteiger partial charge in [-0.05, 0) is 193 Å². The maximum atomic E-state index is 8.43. The fourth-order valence-electron chi connectivity index (χ4n) is 12.2. The van der Waals surface area contributed by atoms with Gasteiger partial charge < -0.3 is 49.4 Å². The van der Waals surface area contributed by atoms with E-state index in [1.54, 1.807) is 0 Å². The maximum Gasteiger partial charge on any atom is 0.479 e. The lowest BCUT2D eigenvalue weighted by molar-refractivity contribution is -0.0303. The molecule has 6 aliphatic heterocycles. The van der Waals surface area contributed by atoms with Crippen molar-refractivity contribution in [3.63, 3.8) is 0 Å². The molecule has 14 rings (SSSR count). The number of hydrogen-bond donors (Lipinski definition) is 0. The van der Waals surface area contributed by atoms with E-state index in [0.717, 1.165) is 80.3 Å². The fraction of sp³-hybridized carbons (Fsp3) is 0.250. The zero-order valence-electron chi connectivity index (χ0n) is 49.7. The molecule has 28 heteroatoms. The van der Waals surface area contributed by atoms with Crippen molar-refractivity contribution in [3.05, 3.63) is 274 Å². The molecule has 480 valence electrons. The Labute approximate surface area is 614 Å². The van der Waals surface area contributed by atoms with E-state index in [1.807, 2.05) is 0 Å². The molecule has 0 saturated carbocycles. The van der Waals surface area contributed by atoms with Crippen LogP contribution in [0.1, 0.15) is 44.5 Å². The van der Waals surface area contributed by atoms with Crippen molar-refractivity contribution in [2.24, 2.45) is 0 Å². The van der Waals surface area contributed by atoms with Gasteiger partial charge in [0.15, 0.2) is 0 Å². The second kappa shape index (κ2) is 29.6. The molecule has 0 amide bonds. The van der Waals surface area contributed by atoms with Gasteiger partial charge in [0.1, 0.15) is 0 Å². The lowest BCUT2D eigenvalue weighted by atomic mass is 10.2. The molecular weight excluding hydrogens is 1820 g/mol. The molecule has 0 radical (unpaired) electrons. The van der Waals surface area contributed by atoms with E-state index in [0.29, 0.717) is 51.4 Å². The van der Waals surface area contributed by atoms with Crippen LogP contribution < -0.4 is 0 Å². The van der Waals surface area contributed by atoms with E-state index < -0.39 is 70.4 Å². The van der Waals surface area contributed by atoms with Crippen molar-refractivity contribution in [3.8, 4) is 0 Å². The molecule has 0 atom stereocenters. The smallest absolute Gasteiger partial charge is 0.373 e. The lowest BCUT2D eigenvalue weighted by Crippen LogP contribution is -2.88. The molecule has 0 spiro atoms. The van der Waals surface area contributed by atoms with Gasteiger partial charge >= 0.3 is 70.4 Å². The number of aryl methyl sites for hydroxylation is 8. The Kier molecular flexibility index (Phi) is 22.3. The third-order valence-electron chi connectivity index (χ3n) is 16.8. The predicted octanol–water partition coefficient (Wildman–Crippen LogP) is 19.8. The molecule has 0 N–H and O–H groups in total. The second-order valence-electron chi connectivity index (χ2n) is 23.7. The minimum Gasteiger partial charge on any atom is -0.373 e. The minimum atomic E-state index is -4.48. The summed E-state index contributed by atoms with van der Waals surface area (Å²) in [6.45, 7) is 0. The van der Waals surface area contributed by atoms with Crippen LogP contribution in [0.4, 0.5) is 0 Å². The lowest BCUT2D eigenvalue weighted by Gasteiger charge is -2.63. The topological polar surface area (TPSA) is 111 Å². The van der Waals surface area contributed by atoms with Crippen molar-refractivity contribution in [1.82, 2.24) is 0 Å². The summed E-state index contributed by atoms with van der Waals surface area (Å²) in [5, 5.41) is 0. The van der Waals surface area contributed by atoms with Gasteiger partial charge in [0.25, 0.3) is 0 Å². The molecule has 12 nitrogen and oxygen atoms in total. The number of rotatable bonds is 24. The van der Waals surface area contributed by atoms with Gasteiger partial charge in [0.2, 0.25) is 0 Å². The Morgan fingerprint density at radius 2 is 0.239 bits per heavy atom. The third-order valence-corrected chi connectivity index (χ3v) is 57.8. The number of halogens is 8. The van der Waals surface area contributed by atoms with Gasteiger partial charge in [0, 0.05) is 84.1 Å². The molecule has 8 bridgehead atoms. The summed E-state index contributed by atoms with van der Waals surface area (Å²) in [5.74, 6) is 0. The van der Waals surface area contributed by atoms with E-state index >= 15 is 0 Å². The van der Waals surface area contributed by atoms with E-state index in [-0.39, 0.29) is 48.4 Å². The summed E-state index contributed by atoms with van der Waals surface area (Å²) in [6.07, 6.45) is 3.93. The molecule has 0 aromatic heterocycles. The quantitative estimate of drug-likeness (QED) is 0.0537. The predicted molar refractivity (Wildman–Crippen MR) is 400 cm³/mol. The minimum absolute atomic E-state index is 0.274. The van der Waals surface area contributed by atoms with E-state index in [9.17, 15) is 0 Å². The molecule has 6 heterocycles. The highest BCUT2D eigenvalue weighted by Gasteiger charge is 2.83. The largest absolute Gasteiger partial charge is 0.479 e. The first-order chi connectivity index (χ1) is 44.3. The first kappa shape index (κ1) is 69.3. The van der Waals surface area contributed by atoms with E-state index in [2.05, 4.69) is 322 Å². The van der Waals surface area contributed by atoms with Gasteiger partial charge in [-0.15, -0.1) is 0 Å². The molecule has 0 aliphatic carbocycles. The molecular formula is C64H64Br8O12Si8. The van der Waals surface area contributed by atoms with Gasteiger partial charge in [-0.2, -0.15) is 0 Å². The summed E-state index contributed by atoms with van der Waals surface area (Å²) in [5.41, 5.74) is 8.43. The SMILES string of the molecule is Brc1ccc(CC[Si]23O[Si]4(CCc5ccc(Br)cc5)O[Si]5(CCc6ccc(Br)cc6)O[Si](CCc6ccc(Br)cc6)(O2)O[Si]2(CCc6ccc(Br)cc6)O[Si](CCc6ccc(Br)cc6)(O3)O[Si](CCc3ccc(Br)cc3)(O4)O[Si](CCc3ccc(Br)cc3)(O5)O2)cc1. The van der Waals surface area contributed by atoms with Crippen molar-refractivity contribution in [2.75, 3.05) is 0 Å². The summed E-state index contributed by atoms with van der Waals surface area (Å²) < 4.78 is 109. The van der Waals surface area contributed by atoms with Crippen LogP contribution in [0.5, 0.6) is 0 Å². The molecule has 6 aliphatic rings. The van der Waals surface area contributed by atoms with Crippen molar-refractivity contribution < 1.29 is 49.4 Å². The molecule has 6 saturated heterocycles. The highest BCUT2D eigenvalue weighted by Crippen LogP contribution is 2.55. The Morgan fingerprint density at radius 1 is 0.152 bits per heavy atom. The summed E-state index contributed by atoms with van der Waals surface area (Å²) in [7, 11) is -35.8. The van der Waals surface area contributed by atoms with Crippen LogP contribution in [0.3, 0.4) is 0 Å². The molecule has 0 unspecified atom stereocenters. The highest BCUT2D eigenvalue weighted by molar-refractivity contribution is 9.11. The van der Waals surface area contributed by atoms with Crippen LogP contribution in [0, 0.1) is 0 Å². The number of hydrogen-bond acceptors (Lipinski definition) is 12. The Morgan fingerprint density at radius 3 is 0.326 bits per heavy atom. The average molecular weight is 1890 g/mol. The Hall–Kier alpha value is -1.14. The first-order valence-corrected chi connectivity index (χ1v) is 52.4. The van der Waals surface area contributed by atoms with Gasteiger partial charge in [0.05, 0.1) is 0 Å². The monoisotopic (exact) mass is 1880 g/mol. The Balaban J connectivity index is 1.09. The van der Waals surface area contributed by atoms with Crippen LogP contribution in [0.2, 0.25) is 48.4 Å². The second-order valence-corrected chi connectivity index (χ2v) is 55.8. The fourth-order valence-corrected chi connectivity index (χ4v) is 64.6. The third kappa shape index (κ3) is 17.3. The van der Waals surface area contributed by atoms with Crippen LogP contribution in [-0.4, -0.2) is 70.4 Å². The van der Waals surface area contributed by atoms with Crippen LogP contribution in [0.25, 0.3) is 0 Å². The van der Waals surface area contributed by atoms with E-state index in [4.69, 9.17) is 49.4 Å². The summed E-state index contributed by atoms with van der Waals surface area (Å²) in [6, 6.07) is 69.2. The summed E-state index contributed by atoms with van der Waals surface area (Å²) in [4.78, 5) is 0. The normalized spacial score (nSPS) is 28.1. The maximum absolute atomic E-state index is 8.43. The summed E-state index contributed by atoms with van der Waals surface area (Å²) >= 11 is 29.7. The molecule has 92 heavy (non-hydrogen) atoms. The zero-order valence-corrected chi connectivity index (χ0v) is 70.4. The average Bonchev–Trinajstić information content (AvgIpc) is 0.687. The zero-order chi connectivity index (χ0) is 63.7. The van der Waals surface area contributed by atoms with Crippen LogP contribution >= 0.6 is 127 Å². The standard InChI is InChI=1S/C64H64Br8O12Si8/c65-57-17-1-49(2-18-57)33-41-85-73-86(42-34-50-3-19-58(66)20-4-50)76-89(45-37-53-9-25-61(69)26-10-53)78-87(74-85,43-35-51-5-21-59(67)22-6-51)80-91(47-39-55-13-29-63(71)30-14-55)81-88(75-85,44-36-52-7-23-60(68)24-8-52)79-90(77-86,46-38-54-11-27-62(70)28-12-54)83-92(82-89,84-91)48-40-56-15-31-64(72)32-16-56/h1-32H,33-48H2. The van der Waals surface area contributed by atoms with Gasteiger partial charge in [-0.1, -0.05) is 225 Å². The number of benzene rings is 8. The van der Waals surface area contributed by atoms with Gasteiger partial charge in [-0.25, -0.2) is 0 Å². The molecule has 8 aromatic carbocycles. The van der Waals surface area contributed by atoms with Crippen molar-refractivity contribution >= 4 is 198 Å². The van der Waals surface area contributed by atoms with Crippen LogP contribution in [0.15, 0.2) is 230 Å². The molecule has 6 fully saturated rings. The first-order valence-electron chi connectivity index (χ1n) is 30.6. The highest BCUT2D eigenvalue weighted by atomic mass is 79.9.